The highest BCUT2D eigenvalue weighted by Gasteiger charge is 2.16. The summed E-state index contributed by atoms with van der Waals surface area (Å²) in [6.07, 6.45) is 22.5. The summed E-state index contributed by atoms with van der Waals surface area (Å²) in [6.45, 7) is 9.04. The molecule has 350 valence electrons. The third kappa shape index (κ3) is 16.3. The number of unbranched alkanes of at least 4 members (excludes halogenated alkanes) is 15. The molecule has 6 rings (SSSR count). The van der Waals surface area contributed by atoms with E-state index in [4.69, 9.17) is 14.2 Å². The maximum absolute atomic E-state index is 6.18. The van der Waals surface area contributed by atoms with E-state index in [0.717, 1.165) is 106 Å². The van der Waals surface area contributed by atoms with Gasteiger partial charge < -0.3 is 24.0 Å². The van der Waals surface area contributed by atoms with Crippen LogP contribution in [0.15, 0.2) is 150 Å². The van der Waals surface area contributed by atoms with Gasteiger partial charge in [-0.3, -0.25) is 0 Å². The molecule has 0 atom stereocenters. The minimum absolute atomic E-state index is 0.752. The van der Waals surface area contributed by atoms with Crippen LogP contribution in [0.1, 0.15) is 136 Å². The number of rotatable bonds is 31. The van der Waals surface area contributed by atoms with E-state index < -0.39 is 0 Å². The Kier molecular flexibility index (Phi) is 21.9. The molecule has 0 bridgehead atoms. The molecule has 0 heterocycles. The normalized spacial score (nSPS) is 11.1. The lowest BCUT2D eigenvalue weighted by Gasteiger charge is -2.26. The summed E-state index contributed by atoms with van der Waals surface area (Å²) in [4.78, 5) is 4.60. The number of hydrogen-bond donors (Lipinski definition) is 0. The SMILES string of the molecule is CCCCCCCCOc1ccc(N(c2ccc(OCCCCCCCC)cc2)c2ccc(-c3ccc(N(c4ccc(OCCCCCCCC)cc4)c4cccc(Br)c4)cc3)cc2)cc1. The van der Waals surface area contributed by atoms with E-state index >= 15 is 0 Å². The summed E-state index contributed by atoms with van der Waals surface area (Å²) in [5, 5.41) is 0. The number of hydrogen-bond acceptors (Lipinski definition) is 5. The summed E-state index contributed by atoms with van der Waals surface area (Å²) in [6, 6.07) is 51.8. The lowest BCUT2D eigenvalue weighted by molar-refractivity contribution is 0.304. The molecule has 6 aromatic rings. The Hall–Kier alpha value is -5.20. The van der Waals surface area contributed by atoms with Gasteiger partial charge in [-0.1, -0.05) is 163 Å². The molecule has 6 aromatic carbocycles. The van der Waals surface area contributed by atoms with E-state index in [1.807, 2.05) is 0 Å². The van der Waals surface area contributed by atoms with Crippen molar-refractivity contribution in [2.75, 3.05) is 29.6 Å². The zero-order valence-electron chi connectivity index (χ0n) is 40.2. The van der Waals surface area contributed by atoms with Gasteiger partial charge in [-0.05, 0) is 146 Å². The van der Waals surface area contributed by atoms with E-state index in [-0.39, 0.29) is 0 Å². The molecule has 0 radical (unpaired) electrons. The molecule has 0 saturated carbocycles. The Morgan fingerprint density at radius 3 is 0.924 bits per heavy atom. The molecule has 66 heavy (non-hydrogen) atoms. The van der Waals surface area contributed by atoms with E-state index in [0.29, 0.717) is 0 Å². The molecule has 0 aliphatic carbocycles. The third-order valence-corrected chi connectivity index (χ3v) is 12.7. The first-order valence-corrected chi connectivity index (χ1v) is 26.1. The van der Waals surface area contributed by atoms with Crippen molar-refractivity contribution in [1.29, 1.82) is 0 Å². The number of ether oxygens (including phenoxy) is 3. The average molecular weight is 952 g/mol. The van der Waals surface area contributed by atoms with Gasteiger partial charge in [0.15, 0.2) is 0 Å². The summed E-state index contributed by atoms with van der Waals surface area (Å²) in [7, 11) is 0. The summed E-state index contributed by atoms with van der Waals surface area (Å²) < 4.78 is 19.5. The zero-order valence-corrected chi connectivity index (χ0v) is 41.8. The minimum Gasteiger partial charge on any atom is -0.494 e. The maximum atomic E-state index is 6.18. The zero-order chi connectivity index (χ0) is 46.0. The molecule has 0 N–H and O–H groups in total. The number of anilines is 6. The Bertz CT molecular complexity index is 2150. The quantitative estimate of drug-likeness (QED) is 0.0406. The number of nitrogens with zero attached hydrogens (tertiary/aromatic N) is 2. The van der Waals surface area contributed by atoms with Crippen LogP contribution in [-0.2, 0) is 0 Å². The van der Waals surface area contributed by atoms with Gasteiger partial charge in [-0.15, -0.1) is 0 Å². The second kappa shape index (κ2) is 28.8. The predicted molar refractivity (Wildman–Crippen MR) is 286 cm³/mol. The van der Waals surface area contributed by atoms with Crippen LogP contribution in [0, 0.1) is 0 Å². The van der Waals surface area contributed by atoms with Crippen LogP contribution in [0.3, 0.4) is 0 Å². The summed E-state index contributed by atoms with van der Waals surface area (Å²) in [5.74, 6) is 2.73. The van der Waals surface area contributed by atoms with Crippen molar-refractivity contribution >= 4 is 50.1 Å². The van der Waals surface area contributed by atoms with E-state index in [1.165, 1.54) is 96.3 Å². The van der Waals surface area contributed by atoms with Crippen LogP contribution < -0.4 is 24.0 Å². The molecule has 5 nitrogen and oxygen atoms in total. The molecule has 0 spiro atoms. The monoisotopic (exact) mass is 950 g/mol. The molecule has 6 heteroatoms. The van der Waals surface area contributed by atoms with Crippen molar-refractivity contribution in [3.63, 3.8) is 0 Å². The van der Waals surface area contributed by atoms with E-state index in [9.17, 15) is 0 Å². The summed E-state index contributed by atoms with van der Waals surface area (Å²) in [5.41, 5.74) is 8.78. The first-order valence-electron chi connectivity index (χ1n) is 25.3. The van der Waals surface area contributed by atoms with Crippen molar-refractivity contribution < 1.29 is 14.2 Å². The Morgan fingerprint density at radius 1 is 0.318 bits per heavy atom. The second-order valence-electron chi connectivity index (χ2n) is 17.6. The molecule has 0 amide bonds. The number of benzene rings is 6. The minimum atomic E-state index is 0.752. The topological polar surface area (TPSA) is 34.2 Å². The van der Waals surface area contributed by atoms with Gasteiger partial charge in [0.1, 0.15) is 17.2 Å². The first kappa shape index (κ1) is 50.2. The van der Waals surface area contributed by atoms with Gasteiger partial charge in [0.25, 0.3) is 0 Å². The van der Waals surface area contributed by atoms with Crippen LogP contribution in [-0.4, -0.2) is 19.8 Å². The molecular formula is C60H75BrN2O3. The molecule has 0 aliphatic heterocycles. The molecule has 0 fully saturated rings. The highest BCUT2D eigenvalue weighted by molar-refractivity contribution is 9.10. The Balaban J connectivity index is 1.16. The van der Waals surface area contributed by atoms with Crippen molar-refractivity contribution in [3.8, 4) is 28.4 Å². The fourth-order valence-corrected chi connectivity index (χ4v) is 8.79. The highest BCUT2D eigenvalue weighted by atomic mass is 79.9. The van der Waals surface area contributed by atoms with E-state index in [1.54, 1.807) is 0 Å². The van der Waals surface area contributed by atoms with Gasteiger partial charge in [-0.25, -0.2) is 0 Å². The lowest BCUT2D eigenvalue weighted by atomic mass is 10.0. The third-order valence-electron chi connectivity index (χ3n) is 12.2. The molecule has 0 unspecified atom stereocenters. The fraction of sp³-hybridized carbons (Fsp3) is 0.400. The standard InChI is InChI=1S/C60H75BrN2O3/c1-4-7-10-13-16-19-45-64-58-39-33-54(34-40-58)62(55-35-41-59(42-36-55)65-46-20-17-14-11-8-5-2)52-29-25-49(26-30-52)50-27-31-53(32-28-50)63(57-24-22-23-51(61)48-57)56-37-43-60(44-38-56)66-47-21-18-15-12-9-6-3/h22-44,48H,4-21,45-47H2,1-3H3. The molecular weight excluding hydrogens is 877 g/mol. The molecule has 0 saturated heterocycles. The van der Waals surface area contributed by atoms with Crippen LogP contribution in [0.4, 0.5) is 34.1 Å². The maximum Gasteiger partial charge on any atom is 0.119 e. The predicted octanol–water partition coefficient (Wildman–Crippen LogP) is 19.3. The number of halogens is 1. The smallest absolute Gasteiger partial charge is 0.119 e. The Labute approximate surface area is 406 Å². The van der Waals surface area contributed by atoms with Crippen molar-refractivity contribution in [2.24, 2.45) is 0 Å². The summed E-state index contributed by atoms with van der Waals surface area (Å²) >= 11 is 3.71. The molecule has 0 aliphatic rings. The average Bonchev–Trinajstić information content (AvgIpc) is 3.35. The Morgan fingerprint density at radius 2 is 0.606 bits per heavy atom. The molecule has 0 aromatic heterocycles. The van der Waals surface area contributed by atoms with Gasteiger partial charge in [0.2, 0.25) is 0 Å². The van der Waals surface area contributed by atoms with Crippen molar-refractivity contribution in [1.82, 2.24) is 0 Å². The van der Waals surface area contributed by atoms with Gasteiger partial charge >= 0.3 is 0 Å². The van der Waals surface area contributed by atoms with Gasteiger partial charge in [0, 0.05) is 38.6 Å². The van der Waals surface area contributed by atoms with Crippen molar-refractivity contribution in [2.45, 2.75) is 136 Å². The van der Waals surface area contributed by atoms with Crippen LogP contribution in [0.25, 0.3) is 11.1 Å². The van der Waals surface area contributed by atoms with Gasteiger partial charge in [0.05, 0.1) is 19.8 Å². The van der Waals surface area contributed by atoms with Crippen LogP contribution in [0.5, 0.6) is 17.2 Å². The van der Waals surface area contributed by atoms with Crippen LogP contribution in [0.2, 0.25) is 0 Å². The first-order chi connectivity index (χ1) is 32.6. The van der Waals surface area contributed by atoms with E-state index in [2.05, 4.69) is 192 Å². The van der Waals surface area contributed by atoms with Crippen LogP contribution >= 0.6 is 15.9 Å². The van der Waals surface area contributed by atoms with Crippen molar-refractivity contribution in [3.05, 3.63) is 150 Å². The second-order valence-corrected chi connectivity index (χ2v) is 18.5. The lowest BCUT2D eigenvalue weighted by Crippen LogP contribution is -2.10. The fourth-order valence-electron chi connectivity index (χ4n) is 8.41. The highest BCUT2D eigenvalue weighted by Crippen LogP contribution is 2.40. The largest absolute Gasteiger partial charge is 0.494 e. The van der Waals surface area contributed by atoms with Gasteiger partial charge in [-0.2, -0.15) is 0 Å².